The molecule has 2 aromatic carbocycles. The number of aromatic nitrogens is 2. The minimum absolute atomic E-state index is 0.400. The summed E-state index contributed by atoms with van der Waals surface area (Å²) in [7, 11) is 0. The molecule has 1 atom stereocenters. The number of aliphatic hydroxyl groups excluding tert-OH is 1. The Hall–Kier alpha value is -2.70. The molecule has 0 radical (unpaired) electrons. The molecule has 1 aliphatic rings. The van der Waals surface area contributed by atoms with Gasteiger partial charge in [0.15, 0.2) is 0 Å². The molecule has 0 bridgehead atoms. The second-order valence-corrected chi connectivity index (χ2v) is 7.47. The van der Waals surface area contributed by atoms with Crippen LogP contribution < -0.4 is 4.90 Å². The molecule has 3 heterocycles. The molecule has 0 aliphatic carbocycles. The molecule has 0 saturated carbocycles. The van der Waals surface area contributed by atoms with Crippen LogP contribution in [0.2, 0.25) is 0 Å². The van der Waals surface area contributed by atoms with Gasteiger partial charge in [-0.05, 0) is 22.4 Å². The van der Waals surface area contributed by atoms with Crippen molar-refractivity contribution >= 4 is 27.8 Å². The molecule has 1 aliphatic heterocycles. The van der Waals surface area contributed by atoms with Crippen LogP contribution in [0, 0.1) is 0 Å². The zero-order chi connectivity index (χ0) is 17.5. The number of benzene rings is 2. The lowest BCUT2D eigenvalue weighted by Crippen LogP contribution is -2.38. The normalized spacial score (nSPS) is 16.8. The maximum atomic E-state index is 10.3. The summed E-state index contributed by atoms with van der Waals surface area (Å²) in [5, 5.41) is 18.8. The van der Waals surface area contributed by atoms with Crippen molar-refractivity contribution in [2.24, 2.45) is 0 Å². The molecule has 4 aromatic rings. The van der Waals surface area contributed by atoms with Crippen LogP contribution in [0.5, 0.6) is 0 Å². The average Bonchev–Trinajstić information content (AvgIpc) is 3.32. The first-order chi connectivity index (χ1) is 12.8. The van der Waals surface area contributed by atoms with Crippen molar-refractivity contribution in [2.45, 2.75) is 19.1 Å². The van der Waals surface area contributed by atoms with Crippen molar-refractivity contribution < 1.29 is 9.63 Å². The molecule has 0 spiro atoms. The number of fused-ring (bicyclic) bond motifs is 3. The lowest BCUT2D eigenvalue weighted by atomic mass is 9.95. The van der Waals surface area contributed by atoms with E-state index in [0.29, 0.717) is 31.2 Å². The van der Waals surface area contributed by atoms with Crippen molar-refractivity contribution in [3.63, 3.8) is 0 Å². The number of aliphatic hydroxyl groups is 1. The van der Waals surface area contributed by atoms with Crippen molar-refractivity contribution in [1.29, 1.82) is 0 Å². The summed E-state index contributed by atoms with van der Waals surface area (Å²) in [6, 6.07) is 16.5. The van der Waals surface area contributed by atoms with Gasteiger partial charge in [0.25, 0.3) is 0 Å². The zero-order valence-electron chi connectivity index (χ0n) is 14.0. The van der Waals surface area contributed by atoms with Crippen molar-refractivity contribution in [2.75, 3.05) is 11.4 Å². The van der Waals surface area contributed by atoms with Gasteiger partial charge in [0, 0.05) is 24.0 Å². The Labute approximate surface area is 154 Å². The fraction of sp³-hybridized carbons (Fsp3) is 0.200. The van der Waals surface area contributed by atoms with Gasteiger partial charge in [-0.25, -0.2) is 0 Å². The largest absolute Gasteiger partial charge is 0.391 e. The molecule has 5 nitrogen and oxygen atoms in total. The van der Waals surface area contributed by atoms with Gasteiger partial charge in [-0.3, -0.25) is 0 Å². The van der Waals surface area contributed by atoms with E-state index in [0.717, 1.165) is 16.1 Å². The highest BCUT2D eigenvalue weighted by atomic mass is 32.1. The van der Waals surface area contributed by atoms with Crippen molar-refractivity contribution in [1.82, 2.24) is 10.1 Å². The average molecular weight is 363 g/mol. The number of β-amino-alcohol motifs (C(OH)–C–C–N with tert-alkyl or cyclic N) is 1. The second kappa shape index (κ2) is 6.23. The van der Waals surface area contributed by atoms with Gasteiger partial charge >= 0.3 is 0 Å². The molecule has 0 amide bonds. The Bertz CT molecular complexity index is 1060. The van der Waals surface area contributed by atoms with Gasteiger partial charge in [0.1, 0.15) is 0 Å². The molecule has 0 fully saturated rings. The molecule has 0 saturated heterocycles. The van der Waals surface area contributed by atoms with Crippen molar-refractivity contribution in [3.8, 4) is 10.7 Å². The predicted octanol–water partition coefficient (Wildman–Crippen LogP) is 3.87. The SMILES string of the molecule is O[C@@H]1Cc2ccc3ccccc3c2N(Cc2nc(-c3cccs3)no2)C1. The Kier molecular flexibility index (Phi) is 3.72. The number of hydrogen-bond acceptors (Lipinski definition) is 6. The summed E-state index contributed by atoms with van der Waals surface area (Å²) < 4.78 is 5.48. The van der Waals surface area contributed by atoms with Gasteiger partial charge in [-0.15, -0.1) is 11.3 Å². The van der Waals surface area contributed by atoms with Crippen LogP contribution in [-0.4, -0.2) is 27.9 Å². The minimum atomic E-state index is -0.400. The topological polar surface area (TPSA) is 62.4 Å². The summed E-state index contributed by atoms with van der Waals surface area (Å²) in [6.45, 7) is 1.04. The van der Waals surface area contributed by atoms with Crippen LogP contribution >= 0.6 is 11.3 Å². The molecule has 0 unspecified atom stereocenters. The van der Waals surface area contributed by atoms with Gasteiger partial charge in [0.2, 0.25) is 11.7 Å². The number of anilines is 1. The zero-order valence-corrected chi connectivity index (χ0v) is 14.8. The highest BCUT2D eigenvalue weighted by Gasteiger charge is 2.26. The van der Waals surface area contributed by atoms with Gasteiger partial charge < -0.3 is 14.5 Å². The van der Waals surface area contributed by atoms with Gasteiger partial charge in [-0.1, -0.05) is 47.6 Å². The Morgan fingerprint density at radius 1 is 1.15 bits per heavy atom. The van der Waals surface area contributed by atoms with Crippen LogP contribution in [-0.2, 0) is 13.0 Å². The van der Waals surface area contributed by atoms with Crippen LogP contribution in [0.3, 0.4) is 0 Å². The van der Waals surface area contributed by atoms with Crippen LogP contribution in [0.15, 0.2) is 58.4 Å². The lowest BCUT2D eigenvalue weighted by Gasteiger charge is -2.34. The number of rotatable bonds is 3. The number of nitrogens with zero attached hydrogens (tertiary/aromatic N) is 3. The smallest absolute Gasteiger partial charge is 0.246 e. The maximum Gasteiger partial charge on any atom is 0.246 e. The van der Waals surface area contributed by atoms with E-state index < -0.39 is 6.10 Å². The third-order valence-corrected chi connectivity index (χ3v) is 5.59. The molecule has 26 heavy (non-hydrogen) atoms. The van der Waals surface area contributed by atoms with E-state index in [4.69, 9.17) is 4.52 Å². The quantitative estimate of drug-likeness (QED) is 0.599. The summed E-state index contributed by atoms with van der Waals surface area (Å²) >= 11 is 1.59. The highest BCUT2D eigenvalue weighted by Crippen LogP contribution is 2.36. The first-order valence-electron chi connectivity index (χ1n) is 8.58. The molecular weight excluding hydrogens is 346 g/mol. The standard InChI is InChI=1S/C20H17N3O2S/c24-15-10-14-8-7-13-4-1-2-5-16(13)19(14)23(11-15)12-18-21-20(22-25-18)17-6-3-9-26-17/h1-9,15,24H,10-12H2/t15-/m1/s1. The fourth-order valence-electron chi connectivity index (χ4n) is 3.63. The Balaban J connectivity index is 1.53. The molecule has 1 N–H and O–H groups in total. The van der Waals surface area contributed by atoms with Crippen LogP contribution in [0.25, 0.3) is 21.5 Å². The highest BCUT2D eigenvalue weighted by molar-refractivity contribution is 7.13. The fourth-order valence-corrected chi connectivity index (χ4v) is 4.28. The minimum Gasteiger partial charge on any atom is -0.391 e. The first-order valence-corrected chi connectivity index (χ1v) is 9.46. The van der Waals surface area contributed by atoms with E-state index >= 15 is 0 Å². The summed E-state index contributed by atoms with van der Waals surface area (Å²) in [5.41, 5.74) is 2.31. The summed E-state index contributed by atoms with van der Waals surface area (Å²) in [4.78, 5) is 7.67. The van der Waals surface area contributed by atoms with E-state index in [-0.39, 0.29) is 0 Å². The lowest BCUT2D eigenvalue weighted by molar-refractivity contribution is 0.174. The van der Waals surface area contributed by atoms with Crippen LogP contribution in [0.4, 0.5) is 5.69 Å². The third kappa shape index (κ3) is 2.67. The van der Waals surface area contributed by atoms with E-state index in [1.165, 1.54) is 10.8 Å². The summed E-state index contributed by atoms with van der Waals surface area (Å²) in [5.74, 6) is 1.17. The summed E-state index contributed by atoms with van der Waals surface area (Å²) in [6.07, 6.45) is 0.268. The maximum absolute atomic E-state index is 10.3. The molecule has 130 valence electrons. The van der Waals surface area contributed by atoms with E-state index in [1.807, 2.05) is 29.6 Å². The van der Waals surface area contributed by atoms with Crippen molar-refractivity contribution in [3.05, 3.63) is 65.4 Å². The second-order valence-electron chi connectivity index (χ2n) is 6.52. The Morgan fingerprint density at radius 3 is 2.96 bits per heavy atom. The number of hydrogen-bond donors (Lipinski definition) is 1. The molecule has 5 rings (SSSR count). The first kappa shape index (κ1) is 15.5. The predicted molar refractivity (Wildman–Crippen MR) is 102 cm³/mol. The third-order valence-electron chi connectivity index (χ3n) is 4.72. The van der Waals surface area contributed by atoms with Gasteiger partial charge in [0.05, 0.1) is 17.5 Å². The Morgan fingerprint density at radius 2 is 2.08 bits per heavy atom. The van der Waals surface area contributed by atoms with Crippen LogP contribution in [0.1, 0.15) is 11.5 Å². The van der Waals surface area contributed by atoms with E-state index in [9.17, 15) is 5.11 Å². The molecular formula is C20H17N3O2S. The van der Waals surface area contributed by atoms with Gasteiger partial charge in [-0.2, -0.15) is 4.98 Å². The monoisotopic (exact) mass is 363 g/mol. The molecule has 2 aromatic heterocycles. The van der Waals surface area contributed by atoms with E-state index in [2.05, 4.69) is 39.3 Å². The molecule has 6 heteroatoms. The number of thiophene rings is 1. The van der Waals surface area contributed by atoms with E-state index in [1.54, 1.807) is 11.3 Å².